The Hall–Kier alpha value is -2.50. The summed E-state index contributed by atoms with van der Waals surface area (Å²) in [5, 5.41) is 36.0. The maximum atomic E-state index is 12.2. The molecule has 0 unspecified atom stereocenters. The van der Waals surface area contributed by atoms with Crippen molar-refractivity contribution in [2.45, 2.75) is 43.9 Å². The van der Waals surface area contributed by atoms with E-state index in [1.54, 1.807) is 30.3 Å². The van der Waals surface area contributed by atoms with Gasteiger partial charge in [0, 0.05) is 5.02 Å². The van der Waals surface area contributed by atoms with Crippen LogP contribution in [0.3, 0.4) is 0 Å². The number of hydrazone groups is 1. The second-order valence-electron chi connectivity index (χ2n) is 8.42. The number of thiophene rings is 1. The number of carbonyl (C=O) groups excluding carboxylic acids is 1. The molecule has 4 rings (SSSR count). The quantitative estimate of drug-likeness (QED) is 0.242. The van der Waals surface area contributed by atoms with Crippen molar-refractivity contribution in [2.75, 3.05) is 6.61 Å². The summed E-state index contributed by atoms with van der Waals surface area (Å²) in [7, 11) is 0. The largest absolute Gasteiger partial charge is 0.494 e. The van der Waals surface area contributed by atoms with Crippen LogP contribution in [-0.4, -0.2) is 58.5 Å². The number of nitrogens with zero attached hydrogens (tertiary/aromatic N) is 1. The lowest BCUT2D eigenvalue weighted by atomic mass is 9.90. The van der Waals surface area contributed by atoms with Gasteiger partial charge in [0.2, 0.25) is 0 Å². The van der Waals surface area contributed by atoms with Crippen molar-refractivity contribution in [2.24, 2.45) is 5.10 Å². The number of ether oxygens (including phenoxy) is 2. The van der Waals surface area contributed by atoms with Gasteiger partial charge >= 0.3 is 0 Å². The van der Waals surface area contributed by atoms with Crippen molar-refractivity contribution in [3.63, 3.8) is 0 Å². The first-order chi connectivity index (χ1) is 17.8. The Morgan fingerprint density at radius 1 is 1.08 bits per heavy atom. The maximum absolute atomic E-state index is 12.2. The molecule has 1 aromatic heterocycles. The van der Waals surface area contributed by atoms with Crippen molar-refractivity contribution in [1.82, 2.24) is 5.43 Å². The van der Waals surface area contributed by atoms with E-state index in [1.807, 2.05) is 31.2 Å². The van der Waals surface area contributed by atoms with Gasteiger partial charge in [0.1, 0.15) is 36.3 Å². The molecule has 0 aliphatic carbocycles. The summed E-state index contributed by atoms with van der Waals surface area (Å²) in [4.78, 5) is 12.5. The maximum Gasteiger partial charge on any atom is 0.281 e. The average Bonchev–Trinajstić information content (AvgIpc) is 3.33. The number of carbonyl (C=O) groups is 1. The first-order valence-corrected chi connectivity index (χ1v) is 13.1. The Morgan fingerprint density at radius 3 is 2.51 bits per heavy atom. The lowest BCUT2D eigenvalue weighted by molar-refractivity contribution is -0.205. The highest BCUT2D eigenvalue weighted by atomic mass is 35.5. The molecule has 0 bridgehead atoms. The third-order valence-electron chi connectivity index (χ3n) is 5.86. The number of amides is 1. The van der Waals surface area contributed by atoms with E-state index in [2.05, 4.69) is 10.5 Å². The first-order valence-electron chi connectivity index (χ1n) is 11.6. The van der Waals surface area contributed by atoms with E-state index in [4.69, 9.17) is 32.7 Å². The number of hydrogen-bond acceptors (Lipinski definition) is 8. The van der Waals surface area contributed by atoms with Crippen LogP contribution in [0.5, 0.6) is 5.75 Å². The van der Waals surface area contributed by atoms with Crippen LogP contribution < -0.4 is 10.2 Å². The number of rotatable bonds is 8. The average molecular weight is 565 g/mol. The molecule has 1 saturated heterocycles. The van der Waals surface area contributed by atoms with E-state index in [9.17, 15) is 20.1 Å². The molecule has 0 saturated carbocycles. The summed E-state index contributed by atoms with van der Waals surface area (Å²) >= 11 is 13.4. The van der Waals surface area contributed by atoms with Crippen LogP contribution in [0.2, 0.25) is 9.36 Å². The van der Waals surface area contributed by atoms with Gasteiger partial charge in [-0.15, -0.1) is 11.3 Å². The fourth-order valence-electron chi connectivity index (χ4n) is 3.96. The topological polar surface area (TPSA) is 121 Å². The molecule has 196 valence electrons. The molecule has 1 amide bonds. The molecular weight excluding hydrogens is 539 g/mol. The first kappa shape index (κ1) is 27.5. The summed E-state index contributed by atoms with van der Waals surface area (Å²) in [6, 6.07) is 16.0. The lowest BCUT2D eigenvalue weighted by Crippen LogP contribution is -2.54. The molecule has 1 fully saturated rings. The lowest BCUT2D eigenvalue weighted by Gasteiger charge is -2.39. The zero-order chi connectivity index (χ0) is 26.5. The summed E-state index contributed by atoms with van der Waals surface area (Å²) in [6.45, 7) is 2.50. The minimum Gasteiger partial charge on any atom is -0.494 e. The number of nitrogens with one attached hydrogen (secondary N) is 1. The molecule has 0 radical (unpaired) electrons. The smallest absolute Gasteiger partial charge is 0.281 e. The van der Waals surface area contributed by atoms with Crippen LogP contribution in [0.1, 0.15) is 39.4 Å². The van der Waals surface area contributed by atoms with Gasteiger partial charge in [-0.05, 0) is 60.4 Å². The summed E-state index contributed by atoms with van der Waals surface area (Å²) < 4.78 is 11.9. The van der Waals surface area contributed by atoms with Gasteiger partial charge in [-0.3, -0.25) is 4.79 Å². The van der Waals surface area contributed by atoms with Gasteiger partial charge in [0.25, 0.3) is 5.91 Å². The molecule has 37 heavy (non-hydrogen) atoms. The van der Waals surface area contributed by atoms with E-state index < -0.39 is 36.4 Å². The van der Waals surface area contributed by atoms with Crippen LogP contribution in [0, 0.1) is 0 Å². The summed E-state index contributed by atoms with van der Waals surface area (Å²) in [6.07, 6.45) is -4.74. The Labute approximate surface area is 228 Å². The summed E-state index contributed by atoms with van der Waals surface area (Å²) in [5.74, 6) is 0.299. The van der Waals surface area contributed by atoms with Crippen molar-refractivity contribution < 1.29 is 29.6 Å². The van der Waals surface area contributed by atoms with Crippen molar-refractivity contribution in [3.05, 3.63) is 85.5 Å². The highest BCUT2D eigenvalue weighted by Crippen LogP contribution is 2.34. The van der Waals surface area contributed by atoms with Gasteiger partial charge in [0.05, 0.1) is 22.0 Å². The van der Waals surface area contributed by atoms with Crippen LogP contribution in [0.15, 0.2) is 59.7 Å². The fraction of sp³-hybridized carbons (Fsp3) is 0.308. The predicted molar refractivity (Wildman–Crippen MR) is 143 cm³/mol. The number of hydrogen-bond donors (Lipinski definition) is 4. The Kier molecular flexibility index (Phi) is 9.20. The second kappa shape index (κ2) is 12.4. The van der Waals surface area contributed by atoms with Gasteiger partial charge in [-0.1, -0.05) is 47.5 Å². The number of aliphatic hydroxyl groups is 3. The Bertz CT molecular complexity index is 1250. The molecule has 2 aromatic carbocycles. The molecule has 2 heterocycles. The standard InChI is InChI=1S/C26H26Cl2N2O6S/c1-2-35-17-6-3-14(4-7-17)11-16-12-15(5-8-18(16)27)25-24(33)23(32)22(31)19(36-25)13-29-30-26(34)20-9-10-21(28)37-20/h3-10,12-13,19,22-25,31-33H,2,11H2,1H3,(H,30,34)/b29-13+/t19-,22-,23+,24-,25+/m1/s1. The molecular formula is C26H26Cl2N2O6S. The molecule has 5 atom stereocenters. The van der Waals surface area contributed by atoms with Gasteiger partial charge < -0.3 is 24.8 Å². The minimum atomic E-state index is -1.51. The molecule has 11 heteroatoms. The second-order valence-corrected chi connectivity index (χ2v) is 10.5. The van der Waals surface area contributed by atoms with Crippen molar-refractivity contribution in [3.8, 4) is 5.75 Å². The zero-order valence-corrected chi connectivity index (χ0v) is 22.1. The van der Waals surface area contributed by atoms with Crippen molar-refractivity contribution in [1.29, 1.82) is 0 Å². The summed E-state index contributed by atoms with van der Waals surface area (Å²) in [5.41, 5.74) is 4.71. The van der Waals surface area contributed by atoms with E-state index in [0.29, 0.717) is 32.8 Å². The third kappa shape index (κ3) is 6.69. The number of aliphatic hydroxyl groups excluding tert-OH is 3. The molecule has 8 nitrogen and oxygen atoms in total. The van der Waals surface area contributed by atoms with E-state index in [1.165, 1.54) is 6.21 Å². The van der Waals surface area contributed by atoms with Crippen LogP contribution in [-0.2, 0) is 11.2 Å². The van der Waals surface area contributed by atoms with Crippen molar-refractivity contribution >= 4 is 46.7 Å². The predicted octanol–water partition coefficient (Wildman–Crippen LogP) is 3.98. The SMILES string of the molecule is CCOc1ccc(Cc2cc([C@@H]3O[C@H](/C=N/NC(=O)c4ccc(Cl)s4)[C@@H](O)[C@H](O)[C@H]3O)ccc2Cl)cc1. The molecule has 4 N–H and O–H groups in total. The Balaban J connectivity index is 1.49. The highest BCUT2D eigenvalue weighted by molar-refractivity contribution is 7.18. The van der Waals surface area contributed by atoms with Gasteiger partial charge in [-0.2, -0.15) is 5.10 Å². The molecule has 1 aliphatic heterocycles. The highest BCUT2D eigenvalue weighted by Gasteiger charge is 2.43. The van der Waals surface area contributed by atoms with Crippen LogP contribution in [0.4, 0.5) is 0 Å². The van der Waals surface area contributed by atoms with E-state index in [-0.39, 0.29) is 0 Å². The van der Waals surface area contributed by atoms with Crippen LogP contribution >= 0.6 is 34.5 Å². The minimum absolute atomic E-state index is 0.363. The fourth-order valence-corrected chi connectivity index (χ4v) is 5.08. The Morgan fingerprint density at radius 2 is 1.84 bits per heavy atom. The molecule has 3 aromatic rings. The van der Waals surface area contributed by atoms with E-state index >= 15 is 0 Å². The molecule has 1 aliphatic rings. The number of halogens is 2. The van der Waals surface area contributed by atoms with E-state index in [0.717, 1.165) is 28.2 Å². The third-order valence-corrected chi connectivity index (χ3v) is 7.46. The monoisotopic (exact) mass is 564 g/mol. The normalized spacial score (nSPS) is 23.8. The zero-order valence-electron chi connectivity index (χ0n) is 19.8. The van der Waals surface area contributed by atoms with Gasteiger partial charge in [0.15, 0.2) is 0 Å². The number of benzene rings is 2. The molecule has 0 spiro atoms. The van der Waals surface area contributed by atoms with Gasteiger partial charge in [-0.25, -0.2) is 5.43 Å². The van der Waals surface area contributed by atoms with Crippen LogP contribution in [0.25, 0.3) is 0 Å².